The molecule has 196 valence electrons. The van der Waals surface area contributed by atoms with Crippen molar-refractivity contribution in [2.24, 2.45) is 0 Å². The van der Waals surface area contributed by atoms with Gasteiger partial charge < -0.3 is 10.2 Å². The number of carbonyl (C=O) groups is 2. The molecule has 2 aromatic carbocycles. The minimum atomic E-state index is -3.88. The van der Waals surface area contributed by atoms with Crippen LogP contribution in [0.5, 0.6) is 0 Å². The van der Waals surface area contributed by atoms with Crippen molar-refractivity contribution >= 4 is 50.7 Å². The van der Waals surface area contributed by atoms with Gasteiger partial charge in [0, 0.05) is 17.6 Å². The predicted octanol–water partition coefficient (Wildman–Crippen LogP) is 4.93. The molecule has 1 atom stereocenters. The summed E-state index contributed by atoms with van der Waals surface area (Å²) in [5.41, 5.74) is 2.02. The Morgan fingerprint density at radius 3 is 2.39 bits per heavy atom. The molecule has 1 aliphatic rings. The first-order chi connectivity index (χ1) is 17.0. The normalized spacial score (nSPS) is 14.9. The fraction of sp³-hybridized carbons (Fsp3) is 0.462. The van der Waals surface area contributed by atoms with E-state index in [1.807, 2.05) is 38.1 Å². The van der Waals surface area contributed by atoms with E-state index >= 15 is 0 Å². The quantitative estimate of drug-likeness (QED) is 0.451. The van der Waals surface area contributed by atoms with Gasteiger partial charge in [-0.05, 0) is 49.9 Å². The Balaban J connectivity index is 1.94. The summed E-state index contributed by atoms with van der Waals surface area (Å²) in [6, 6.07) is 11.4. The average molecular weight is 555 g/mol. The number of nitrogens with one attached hydrogen (secondary N) is 1. The predicted molar refractivity (Wildman–Crippen MR) is 145 cm³/mol. The van der Waals surface area contributed by atoms with E-state index in [0.717, 1.165) is 47.4 Å². The van der Waals surface area contributed by atoms with Crippen LogP contribution >= 0.6 is 23.2 Å². The smallest absolute Gasteiger partial charge is 0.244 e. The molecule has 1 saturated carbocycles. The van der Waals surface area contributed by atoms with Crippen LogP contribution in [-0.2, 0) is 26.2 Å². The van der Waals surface area contributed by atoms with E-state index in [9.17, 15) is 18.0 Å². The third kappa shape index (κ3) is 7.37. The maximum Gasteiger partial charge on any atom is 0.244 e. The highest BCUT2D eigenvalue weighted by atomic mass is 35.5. The van der Waals surface area contributed by atoms with Crippen molar-refractivity contribution in [1.82, 2.24) is 10.2 Å². The van der Waals surface area contributed by atoms with Gasteiger partial charge in [-0.1, -0.05) is 72.8 Å². The van der Waals surface area contributed by atoms with Crippen molar-refractivity contribution in [3.63, 3.8) is 0 Å². The van der Waals surface area contributed by atoms with Crippen LogP contribution in [-0.4, -0.2) is 50.0 Å². The number of halogens is 2. The van der Waals surface area contributed by atoms with Crippen molar-refractivity contribution in [1.29, 1.82) is 0 Å². The molecule has 1 N–H and O–H groups in total. The largest absolute Gasteiger partial charge is 0.352 e. The molecule has 10 heteroatoms. The summed E-state index contributed by atoms with van der Waals surface area (Å²) in [6.45, 7) is 3.47. The number of anilines is 1. The summed E-state index contributed by atoms with van der Waals surface area (Å²) in [6.07, 6.45) is 5.38. The first-order valence-corrected chi connectivity index (χ1v) is 14.7. The molecule has 0 unspecified atom stereocenters. The summed E-state index contributed by atoms with van der Waals surface area (Å²) >= 11 is 12.3. The maximum atomic E-state index is 13.8. The lowest BCUT2D eigenvalue weighted by molar-refractivity contribution is -0.140. The number of hydrogen-bond donors (Lipinski definition) is 1. The molecular weight excluding hydrogens is 521 g/mol. The van der Waals surface area contributed by atoms with Crippen LogP contribution in [0.1, 0.15) is 50.2 Å². The SMILES string of the molecule is CC[C@@H](C(=O)NC1CCCC1)N(Cc1cccc(C)c1)C(=O)CN(c1ccc(Cl)cc1Cl)S(C)(=O)=O. The second-order valence-corrected chi connectivity index (χ2v) is 12.0. The molecule has 0 heterocycles. The number of sulfonamides is 1. The van der Waals surface area contributed by atoms with E-state index < -0.39 is 28.5 Å². The van der Waals surface area contributed by atoms with Crippen molar-refractivity contribution in [3.05, 3.63) is 63.6 Å². The van der Waals surface area contributed by atoms with Crippen molar-refractivity contribution < 1.29 is 18.0 Å². The highest BCUT2D eigenvalue weighted by molar-refractivity contribution is 7.92. The van der Waals surface area contributed by atoms with Gasteiger partial charge in [0.15, 0.2) is 0 Å². The van der Waals surface area contributed by atoms with Crippen LogP contribution in [0, 0.1) is 6.92 Å². The van der Waals surface area contributed by atoms with E-state index in [-0.39, 0.29) is 29.2 Å². The Morgan fingerprint density at radius 2 is 1.81 bits per heavy atom. The lowest BCUT2D eigenvalue weighted by Gasteiger charge is -2.33. The minimum Gasteiger partial charge on any atom is -0.352 e. The zero-order valence-corrected chi connectivity index (χ0v) is 23.2. The van der Waals surface area contributed by atoms with Gasteiger partial charge in [0.2, 0.25) is 21.8 Å². The molecule has 36 heavy (non-hydrogen) atoms. The van der Waals surface area contributed by atoms with Crippen LogP contribution in [0.2, 0.25) is 10.0 Å². The first-order valence-electron chi connectivity index (χ1n) is 12.1. The van der Waals surface area contributed by atoms with Gasteiger partial charge >= 0.3 is 0 Å². The third-order valence-electron chi connectivity index (χ3n) is 6.38. The summed E-state index contributed by atoms with van der Waals surface area (Å²) in [4.78, 5) is 28.5. The molecule has 0 bridgehead atoms. The highest BCUT2D eigenvalue weighted by Gasteiger charge is 2.33. The molecule has 0 aliphatic heterocycles. The second kappa shape index (κ2) is 12.3. The zero-order chi connectivity index (χ0) is 26.5. The van der Waals surface area contributed by atoms with Crippen molar-refractivity contribution in [2.45, 2.75) is 64.6 Å². The standard InChI is InChI=1S/C26H33Cl2N3O4S/c1-4-23(26(33)29-21-10-5-6-11-21)30(16-19-9-7-8-18(2)14-19)25(32)17-31(36(3,34)35)24-13-12-20(27)15-22(24)28/h7-9,12-15,21,23H,4-6,10-11,16-17H2,1-3H3,(H,29,33)/t23-/m0/s1. The number of rotatable bonds is 10. The average Bonchev–Trinajstić information content (AvgIpc) is 3.30. The number of aryl methyl sites for hydroxylation is 1. The molecular formula is C26H33Cl2N3O4S. The topological polar surface area (TPSA) is 86.8 Å². The second-order valence-electron chi connectivity index (χ2n) is 9.29. The Kier molecular flexibility index (Phi) is 9.66. The first kappa shape index (κ1) is 28.3. The minimum absolute atomic E-state index is 0.0999. The Hall–Kier alpha value is -2.29. The molecule has 0 radical (unpaired) electrons. The third-order valence-corrected chi connectivity index (χ3v) is 8.04. The Bertz CT molecular complexity index is 1200. The molecule has 0 spiro atoms. The fourth-order valence-corrected chi connectivity index (χ4v) is 5.99. The number of hydrogen-bond acceptors (Lipinski definition) is 4. The van der Waals surface area contributed by atoms with Crippen LogP contribution in [0.3, 0.4) is 0 Å². The molecule has 1 fully saturated rings. The zero-order valence-electron chi connectivity index (χ0n) is 20.8. The van der Waals surface area contributed by atoms with E-state index in [0.29, 0.717) is 11.4 Å². The fourth-order valence-electron chi connectivity index (χ4n) is 4.57. The van der Waals surface area contributed by atoms with E-state index in [4.69, 9.17) is 23.2 Å². The molecule has 2 amide bonds. The Labute approximate surface area is 223 Å². The van der Waals surface area contributed by atoms with Gasteiger partial charge in [-0.3, -0.25) is 13.9 Å². The summed E-state index contributed by atoms with van der Waals surface area (Å²) in [5, 5.41) is 3.55. The number of nitrogens with zero attached hydrogens (tertiary/aromatic N) is 2. The summed E-state index contributed by atoms with van der Waals surface area (Å²) in [7, 11) is -3.88. The van der Waals surface area contributed by atoms with Gasteiger partial charge in [-0.2, -0.15) is 0 Å². The molecule has 0 aromatic heterocycles. The number of carbonyl (C=O) groups excluding carboxylic acids is 2. The van der Waals surface area contributed by atoms with E-state index in [1.165, 1.54) is 23.1 Å². The van der Waals surface area contributed by atoms with Gasteiger partial charge in [-0.25, -0.2) is 8.42 Å². The molecule has 0 saturated heterocycles. The van der Waals surface area contributed by atoms with Crippen LogP contribution < -0.4 is 9.62 Å². The summed E-state index contributed by atoms with van der Waals surface area (Å²) in [5.74, 6) is -0.720. The van der Waals surface area contributed by atoms with Gasteiger partial charge in [0.25, 0.3) is 0 Å². The lowest BCUT2D eigenvalue weighted by Crippen LogP contribution is -2.53. The van der Waals surface area contributed by atoms with Crippen LogP contribution in [0.25, 0.3) is 0 Å². The lowest BCUT2D eigenvalue weighted by atomic mass is 10.1. The van der Waals surface area contributed by atoms with Crippen molar-refractivity contribution in [2.75, 3.05) is 17.1 Å². The van der Waals surface area contributed by atoms with Crippen molar-refractivity contribution in [3.8, 4) is 0 Å². The molecule has 7 nitrogen and oxygen atoms in total. The number of amides is 2. The molecule has 3 rings (SSSR count). The maximum absolute atomic E-state index is 13.8. The van der Waals surface area contributed by atoms with Gasteiger partial charge in [-0.15, -0.1) is 0 Å². The highest BCUT2D eigenvalue weighted by Crippen LogP contribution is 2.30. The molecule has 1 aliphatic carbocycles. The van der Waals surface area contributed by atoms with Crippen LogP contribution in [0.15, 0.2) is 42.5 Å². The monoisotopic (exact) mass is 553 g/mol. The number of benzene rings is 2. The summed E-state index contributed by atoms with van der Waals surface area (Å²) < 4.78 is 26.4. The van der Waals surface area contributed by atoms with E-state index in [1.54, 1.807) is 0 Å². The van der Waals surface area contributed by atoms with Gasteiger partial charge in [0.05, 0.1) is 17.0 Å². The Morgan fingerprint density at radius 1 is 1.11 bits per heavy atom. The molecule has 2 aromatic rings. The van der Waals surface area contributed by atoms with E-state index in [2.05, 4.69) is 5.32 Å². The van der Waals surface area contributed by atoms with Crippen LogP contribution in [0.4, 0.5) is 5.69 Å². The van der Waals surface area contributed by atoms with Gasteiger partial charge in [0.1, 0.15) is 12.6 Å².